The lowest BCUT2D eigenvalue weighted by molar-refractivity contribution is 0.177. The molecule has 0 bridgehead atoms. The van der Waals surface area contributed by atoms with Crippen LogP contribution in [0, 0.1) is 6.92 Å². The highest BCUT2D eigenvalue weighted by atomic mass is 16.5. The summed E-state index contributed by atoms with van der Waals surface area (Å²) in [7, 11) is 1.68. The van der Waals surface area contributed by atoms with Gasteiger partial charge in [0.2, 0.25) is 0 Å². The molecule has 142 valence electrons. The van der Waals surface area contributed by atoms with Crippen molar-refractivity contribution in [2.75, 3.05) is 25.1 Å². The first-order chi connectivity index (χ1) is 13.2. The molecule has 1 saturated heterocycles. The molecule has 3 heterocycles. The lowest BCUT2D eigenvalue weighted by Crippen LogP contribution is -2.35. The average Bonchev–Trinajstić information content (AvgIpc) is 3.06. The van der Waals surface area contributed by atoms with Crippen LogP contribution in [0.15, 0.2) is 30.3 Å². The predicted octanol–water partition coefficient (Wildman–Crippen LogP) is 3.69. The summed E-state index contributed by atoms with van der Waals surface area (Å²) < 4.78 is 7.67. The normalized spacial score (nSPS) is 15.6. The number of aromatic nitrogens is 4. The smallest absolute Gasteiger partial charge is 0.156 e. The molecular weight excluding hydrogens is 338 g/mol. The van der Waals surface area contributed by atoms with Crippen molar-refractivity contribution in [2.24, 2.45) is 0 Å². The number of fused-ring (bicyclic) bond motifs is 1. The third-order valence-corrected chi connectivity index (χ3v) is 5.30. The van der Waals surface area contributed by atoms with Crippen molar-refractivity contribution in [2.45, 2.75) is 45.8 Å². The molecule has 1 aliphatic rings. The van der Waals surface area contributed by atoms with E-state index >= 15 is 0 Å². The van der Waals surface area contributed by atoms with Crippen molar-refractivity contribution in [1.82, 2.24) is 19.5 Å². The van der Waals surface area contributed by atoms with Gasteiger partial charge in [0.15, 0.2) is 5.82 Å². The van der Waals surface area contributed by atoms with E-state index in [9.17, 15) is 0 Å². The fourth-order valence-electron chi connectivity index (χ4n) is 4.07. The van der Waals surface area contributed by atoms with Crippen molar-refractivity contribution in [3.8, 4) is 0 Å². The largest absolute Gasteiger partial charge is 0.377 e. The zero-order valence-electron chi connectivity index (χ0n) is 16.4. The molecule has 1 aromatic carbocycles. The number of rotatable bonds is 5. The maximum atomic E-state index is 5.20. The minimum absolute atomic E-state index is 0.450. The topological polar surface area (TPSA) is 56.1 Å². The summed E-state index contributed by atoms with van der Waals surface area (Å²) in [5, 5.41) is 0. The quantitative estimate of drug-likeness (QED) is 0.690. The molecule has 6 nitrogen and oxygen atoms in total. The Morgan fingerprint density at radius 3 is 2.63 bits per heavy atom. The van der Waals surface area contributed by atoms with Gasteiger partial charge in [0.05, 0.1) is 11.0 Å². The van der Waals surface area contributed by atoms with E-state index < -0.39 is 0 Å². The number of methoxy groups -OCH3 is 1. The molecule has 0 amide bonds. The van der Waals surface area contributed by atoms with E-state index in [-0.39, 0.29) is 0 Å². The van der Waals surface area contributed by atoms with Gasteiger partial charge in [-0.25, -0.2) is 15.0 Å². The molecule has 4 rings (SSSR count). The van der Waals surface area contributed by atoms with E-state index in [1.807, 2.05) is 6.92 Å². The highest BCUT2D eigenvalue weighted by molar-refractivity contribution is 5.76. The third kappa shape index (κ3) is 3.54. The van der Waals surface area contributed by atoms with Gasteiger partial charge in [-0.05, 0) is 31.9 Å². The van der Waals surface area contributed by atoms with Gasteiger partial charge in [0, 0.05) is 44.4 Å². The lowest BCUT2D eigenvalue weighted by atomic mass is 10.0. The molecule has 1 fully saturated rings. The summed E-state index contributed by atoms with van der Waals surface area (Å²) in [6.07, 6.45) is 3.15. The monoisotopic (exact) mass is 365 g/mol. The van der Waals surface area contributed by atoms with Gasteiger partial charge < -0.3 is 14.2 Å². The zero-order chi connectivity index (χ0) is 18.8. The Balaban J connectivity index is 1.55. The Morgan fingerprint density at radius 2 is 1.89 bits per heavy atom. The Morgan fingerprint density at radius 1 is 1.11 bits per heavy atom. The summed E-state index contributed by atoms with van der Waals surface area (Å²) in [4.78, 5) is 16.4. The highest BCUT2D eigenvalue weighted by Crippen LogP contribution is 2.30. The number of benzene rings is 1. The SMILES string of the molecule is CCc1nc2ccccc2n1C1CCN(c2cc(C)nc(COC)n2)CC1. The second kappa shape index (κ2) is 7.64. The van der Waals surface area contributed by atoms with E-state index in [4.69, 9.17) is 9.72 Å². The number of ether oxygens (including phenoxy) is 1. The molecular formula is C21H27N5O. The summed E-state index contributed by atoms with van der Waals surface area (Å²) >= 11 is 0. The van der Waals surface area contributed by atoms with Crippen LogP contribution in [0.1, 0.15) is 43.1 Å². The van der Waals surface area contributed by atoms with Crippen molar-refractivity contribution in [3.63, 3.8) is 0 Å². The number of anilines is 1. The number of piperidine rings is 1. The maximum absolute atomic E-state index is 5.20. The second-order valence-electron chi connectivity index (χ2n) is 7.18. The Kier molecular flexibility index (Phi) is 5.07. The van der Waals surface area contributed by atoms with E-state index in [0.29, 0.717) is 12.6 Å². The fraction of sp³-hybridized carbons (Fsp3) is 0.476. The standard InChI is InChI=1S/C21H27N5O/c1-4-20-23-17-7-5-6-8-18(17)26(20)16-9-11-25(12-10-16)21-13-15(2)22-19(24-21)14-27-3/h5-8,13,16H,4,9-12,14H2,1-3H3. The number of para-hydroxylation sites is 2. The first kappa shape index (κ1) is 17.9. The number of nitrogens with zero attached hydrogens (tertiary/aromatic N) is 5. The average molecular weight is 365 g/mol. The molecule has 0 unspecified atom stereocenters. The van der Waals surface area contributed by atoms with Crippen molar-refractivity contribution in [1.29, 1.82) is 0 Å². The summed E-state index contributed by atoms with van der Waals surface area (Å²) in [6, 6.07) is 11.0. The number of hydrogen-bond donors (Lipinski definition) is 0. The maximum Gasteiger partial charge on any atom is 0.156 e. The van der Waals surface area contributed by atoms with Crippen LogP contribution in [-0.4, -0.2) is 39.7 Å². The molecule has 1 aliphatic heterocycles. The zero-order valence-corrected chi connectivity index (χ0v) is 16.4. The molecule has 0 spiro atoms. The van der Waals surface area contributed by atoms with E-state index in [0.717, 1.165) is 55.2 Å². The molecule has 0 saturated carbocycles. The van der Waals surface area contributed by atoms with Gasteiger partial charge in [-0.15, -0.1) is 0 Å². The van der Waals surface area contributed by atoms with Gasteiger partial charge in [0.25, 0.3) is 0 Å². The van der Waals surface area contributed by atoms with Crippen molar-refractivity contribution in [3.05, 3.63) is 47.7 Å². The number of imidazole rings is 1. The molecule has 2 aromatic heterocycles. The molecule has 27 heavy (non-hydrogen) atoms. The molecule has 0 N–H and O–H groups in total. The third-order valence-electron chi connectivity index (χ3n) is 5.30. The van der Waals surface area contributed by atoms with Crippen molar-refractivity contribution >= 4 is 16.9 Å². The van der Waals surface area contributed by atoms with Crippen LogP contribution in [-0.2, 0) is 17.8 Å². The minimum Gasteiger partial charge on any atom is -0.377 e. The van der Waals surface area contributed by atoms with Gasteiger partial charge in [-0.3, -0.25) is 0 Å². The summed E-state index contributed by atoms with van der Waals surface area (Å²) in [5.41, 5.74) is 3.35. The van der Waals surface area contributed by atoms with Gasteiger partial charge in [0.1, 0.15) is 18.2 Å². The Labute approximate surface area is 160 Å². The van der Waals surface area contributed by atoms with Crippen molar-refractivity contribution < 1.29 is 4.74 Å². The van der Waals surface area contributed by atoms with Crippen LogP contribution in [0.2, 0.25) is 0 Å². The Hall–Kier alpha value is -2.47. The molecule has 3 aromatic rings. The molecule has 0 atom stereocenters. The van der Waals surface area contributed by atoms with E-state index in [1.165, 1.54) is 11.3 Å². The fourth-order valence-corrected chi connectivity index (χ4v) is 4.07. The van der Waals surface area contributed by atoms with Gasteiger partial charge in [-0.1, -0.05) is 19.1 Å². The van der Waals surface area contributed by atoms with E-state index in [2.05, 4.69) is 56.7 Å². The Bertz CT molecular complexity index is 927. The predicted molar refractivity (Wildman–Crippen MR) is 107 cm³/mol. The number of hydrogen-bond acceptors (Lipinski definition) is 5. The van der Waals surface area contributed by atoms with Crippen LogP contribution in [0.3, 0.4) is 0 Å². The second-order valence-corrected chi connectivity index (χ2v) is 7.18. The molecule has 0 aliphatic carbocycles. The van der Waals surface area contributed by atoms with Gasteiger partial charge >= 0.3 is 0 Å². The lowest BCUT2D eigenvalue weighted by Gasteiger charge is -2.34. The van der Waals surface area contributed by atoms with Crippen LogP contribution in [0.5, 0.6) is 0 Å². The van der Waals surface area contributed by atoms with Crippen LogP contribution < -0.4 is 4.90 Å². The molecule has 0 radical (unpaired) electrons. The molecule has 6 heteroatoms. The van der Waals surface area contributed by atoms with Crippen LogP contribution in [0.25, 0.3) is 11.0 Å². The van der Waals surface area contributed by atoms with Crippen LogP contribution in [0.4, 0.5) is 5.82 Å². The summed E-state index contributed by atoms with van der Waals surface area (Å²) in [5.74, 6) is 2.96. The minimum atomic E-state index is 0.450. The van der Waals surface area contributed by atoms with E-state index in [1.54, 1.807) is 7.11 Å². The summed E-state index contributed by atoms with van der Waals surface area (Å²) in [6.45, 7) is 6.63. The van der Waals surface area contributed by atoms with Gasteiger partial charge in [-0.2, -0.15) is 0 Å². The first-order valence-electron chi connectivity index (χ1n) is 9.74. The first-order valence-corrected chi connectivity index (χ1v) is 9.74. The highest BCUT2D eigenvalue weighted by Gasteiger charge is 2.25. The number of aryl methyl sites for hydroxylation is 2. The van der Waals surface area contributed by atoms with Crippen LogP contribution >= 0.6 is 0 Å².